The molecule has 0 spiro atoms. The van der Waals surface area contributed by atoms with Crippen LogP contribution in [0.15, 0.2) is 47.5 Å². The van der Waals surface area contributed by atoms with Gasteiger partial charge in [-0.2, -0.15) is 4.98 Å². The van der Waals surface area contributed by atoms with E-state index in [0.29, 0.717) is 11.7 Å². The highest BCUT2D eigenvalue weighted by molar-refractivity contribution is 5.69. The molecule has 3 heteroatoms. The van der Waals surface area contributed by atoms with E-state index in [2.05, 4.69) is 47.9 Å². The standard InChI is InChI=1S/C21H28N2O/c1-4-7-8-9-10-11-12-17-13-15-19(16-14-17)21-22-20(23-24-21)18(5-2)6-3/h5-6,13-16H,2,4,7-12H2,1,3H3/b18-6+. The van der Waals surface area contributed by atoms with Crippen molar-refractivity contribution in [2.75, 3.05) is 0 Å². The van der Waals surface area contributed by atoms with E-state index in [1.165, 1.54) is 44.1 Å². The molecule has 2 aromatic rings. The van der Waals surface area contributed by atoms with E-state index in [4.69, 9.17) is 4.52 Å². The Morgan fingerprint density at radius 3 is 2.46 bits per heavy atom. The molecular weight excluding hydrogens is 296 g/mol. The fourth-order valence-corrected chi connectivity index (χ4v) is 2.72. The number of hydrogen-bond acceptors (Lipinski definition) is 3. The first kappa shape index (κ1) is 18.2. The first-order valence-electron chi connectivity index (χ1n) is 9.00. The third kappa shape index (κ3) is 5.19. The van der Waals surface area contributed by atoms with Crippen LogP contribution in [0.4, 0.5) is 0 Å². The van der Waals surface area contributed by atoms with Crippen molar-refractivity contribution in [2.24, 2.45) is 0 Å². The second-order valence-electron chi connectivity index (χ2n) is 6.09. The molecule has 1 heterocycles. The van der Waals surface area contributed by atoms with Gasteiger partial charge in [0.15, 0.2) is 0 Å². The Balaban J connectivity index is 1.89. The molecule has 0 atom stereocenters. The highest BCUT2D eigenvalue weighted by atomic mass is 16.5. The van der Waals surface area contributed by atoms with Crippen molar-refractivity contribution in [1.82, 2.24) is 10.1 Å². The minimum absolute atomic E-state index is 0.553. The summed E-state index contributed by atoms with van der Waals surface area (Å²) in [5, 5.41) is 4.02. The number of aromatic nitrogens is 2. The van der Waals surface area contributed by atoms with Crippen molar-refractivity contribution < 1.29 is 4.52 Å². The van der Waals surface area contributed by atoms with Gasteiger partial charge in [0.1, 0.15) is 0 Å². The zero-order valence-corrected chi connectivity index (χ0v) is 14.9. The number of allylic oxidation sites excluding steroid dienone is 3. The van der Waals surface area contributed by atoms with E-state index in [1.807, 2.05) is 13.0 Å². The number of aryl methyl sites for hydroxylation is 1. The molecule has 0 saturated carbocycles. The van der Waals surface area contributed by atoms with Gasteiger partial charge < -0.3 is 4.52 Å². The molecule has 0 aliphatic heterocycles. The highest BCUT2D eigenvalue weighted by Crippen LogP contribution is 2.21. The molecule has 0 N–H and O–H groups in total. The van der Waals surface area contributed by atoms with Crippen LogP contribution in [-0.4, -0.2) is 10.1 Å². The van der Waals surface area contributed by atoms with Gasteiger partial charge in [0.25, 0.3) is 5.89 Å². The van der Waals surface area contributed by atoms with E-state index in [9.17, 15) is 0 Å². The van der Waals surface area contributed by atoms with E-state index in [-0.39, 0.29) is 0 Å². The lowest BCUT2D eigenvalue weighted by atomic mass is 10.0. The summed E-state index contributed by atoms with van der Waals surface area (Å²) in [4.78, 5) is 4.44. The summed E-state index contributed by atoms with van der Waals surface area (Å²) < 4.78 is 5.36. The fraction of sp³-hybridized carbons (Fsp3) is 0.429. The summed E-state index contributed by atoms with van der Waals surface area (Å²) in [7, 11) is 0. The second-order valence-corrected chi connectivity index (χ2v) is 6.09. The second kappa shape index (κ2) is 9.86. The Bertz CT molecular complexity index is 653. The summed E-state index contributed by atoms with van der Waals surface area (Å²) in [6.07, 6.45) is 12.8. The smallest absolute Gasteiger partial charge is 0.258 e. The van der Waals surface area contributed by atoms with Gasteiger partial charge in [0.05, 0.1) is 0 Å². The lowest BCUT2D eigenvalue weighted by molar-refractivity contribution is 0.428. The van der Waals surface area contributed by atoms with E-state index in [0.717, 1.165) is 17.6 Å². The molecule has 0 saturated heterocycles. The van der Waals surface area contributed by atoms with Gasteiger partial charge in [-0.3, -0.25) is 0 Å². The summed E-state index contributed by atoms with van der Waals surface area (Å²) in [6, 6.07) is 8.45. The monoisotopic (exact) mass is 324 g/mol. The average molecular weight is 324 g/mol. The number of rotatable bonds is 10. The zero-order valence-electron chi connectivity index (χ0n) is 14.9. The van der Waals surface area contributed by atoms with E-state index in [1.54, 1.807) is 6.08 Å². The summed E-state index contributed by atoms with van der Waals surface area (Å²) in [5.41, 5.74) is 3.21. The Labute approximate surface area is 145 Å². The summed E-state index contributed by atoms with van der Waals surface area (Å²) in [6.45, 7) is 7.95. The maximum absolute atomic E-state index is 5.36. The third-order valence-corrected chi connectivity index (χ3v) is 4.24. The molecule has 24 heavy (non-hydrogen) atoms. The molecule has 2 rings (SSSR count). The van der Waals surface area contributed by atoms with Crippen LogP contribution < -0.4 is 0 Å². The number of hydrogen-bond donors (Lipinski definition) is 0. The number of unbranched alkanes of at least 4 members (excludes halogenated alkanes) is 5. The predicted molar refractivity (Wildman–Crippen MR) is 101 cm³/mol. The zero-order chi connectivity index (χ0) is 17.2. The molecule has 0 amide bonds. The Kier molecular flexibility index (Phi) is 7.47. The molecule has 3 nitrogen and oxygen atoms in total. The van der Waals surface area contributed by atoms with Crippen LogP contribution in [0.2, 0.25) is 0 Å². The Morgan fingerprint density at radius 1 is 1.08 bits per heavy atom. The van der Waals surface area contributed by atoms with Gasteiger partial charge >= 0.3 is 0 Å². The van der Waals surface area contributed by atoms with Crippen LogP contribution in [0.5, 0.6) is 0 Å². The van der Waals surface area contributed by atoms with Crippen LogP contribution >= 0.6 is 0 Å². The molecule has 0 radical (unpaired) electrons. The van der Waals surface area contributed by atoms with Gasteiger partial charge in [0.2, 0.25) is 5.82 Å². The average Bonchev–Trinajstić information content (AvgIpc) is 3.09. The minimum atomic E-state index is 0.553. The summed E-state index contributed by atoms with van der Waals surface area (Å²) in [5.74, 6) is 1.14. The van der Waals surface area contributed by atoms with Gasteiger partial charge in [0, 0.05) is 11.1 Å². The van der Waals surface area contributed by atoms with Crippen molar-refractivity contribution in [2.45, 2.75) is 58.8 Å². The van der Waals surface area contributed by atoms with Gasteiger partial charge in [-0.15, -0.1) is 0 Å². The first-order chi connectivity index (χ1) is 11.8. The van der Waals surface area contributed by atoms with Gasteiger partial charge in [-0.25, -0.2) is 0 Å². The van der Waals surface area contributed by atoms with E-state index >= 15 is 0 Å². The largest absolute Gasteiger partial charge is 0.334 e. The molecular formula is C21H28N2O. The quantitative estimate of drug-likeness (QED) is 0.384. The molecule has 0 bridgehead atoms. The van der Waals surface area contributed by atoms with Crippen molar-refractivity contribution in [3.63, 3.8) is 0 Å². The molecule has 1 aromatic carbocycles. The molecule has 0 aliphatic rings. The number of nitrogens with zero attached hydrogens (tertiary/aromatic N) is 2. The first-order valence-corrected chi connectivity index (χ1v) is 9.00. The van der Waals surface area contributed by atoms with Crippen LogP contribution in [0, 0.1) is 0 Å². The topological polar surface area (TPSA) is 38.9 Å². The van der Waals surface area contributed by atoms with Gasteiger partial charge in [-0.1, -0.05) is 75.0 Å². The van der Waals surface area contributed by atoms with Crippen LogP contribution in [0.1, 0.15) is 63.8 Å². The van der Waals surface area contributed by atoms with Crippen molar-refractivity contribution in [3.05, 3.63) is 54.4 Å². The van der Waals surface area contributed by atoms with Crippen LogP contribution in [0.3, 0.4) is 0 Å². The minimum Gasteiger partial charge on any atom is -0.334 e. The normalized spacial score (nSPS) is 11.7. The molecule has 0 aliphatic carbocycles. The fourth-order valence-electron chi connectivity index (χ4n) is 2.72. The van der Waals surface area contributed by atoms with Crippen molar-refractivity contribution in [1.29, 1.82) is 0 Å². The lowest BCUT2D eigenvalue weighted by Gasteiger charge is -2.03. The van der Waals surface area contributed by atoms with Crippen LogP contribution in [0.25, 0.3) is 17.0 Å². The van der Waals surface area contributed by atoms with Crippen molar-refractivity contribution in [3.8, 4) is 11.5 Å². The maximum atomic E-state index is 5.36. The Hall–Kier alpha value is -2.16. The SMILES string of the molecule is C=C/C(=C\C)c1noc(-c2ccc(CCCCCCCC)cc2)n1. The Morgan fingerprint density at radius 2 is 1.79 bits per heavy atom. The number of benzene rings is 1. The molecule has 128 valence electrons. The molecule has 1 aromatic heterocycles. The van der Waals surface area contributed by atoms with E-state index < -0.39 is 0 Å². The molecule has 0 unspecified atom stereocenters. The predicted octanol–water partition coefficient (Wildman–Crippen LogP) is 6.23. The van der Waals surface area contributed by atoms with Gasteiger partial charge in [-0.05, 0) is 37.5 Å². The highest BCUT2D eigenvalue weighted by Gasteiger charge is 2.10. The van der Waals surface area contributed by atoms with Crippen LogP contribution in [-0.2, 0) is 6.42 Å². The summed E-state index contributed by atoms with van der Waals surface area (Å²) >= 11 is 0. The lowest BCUT2D eigenvalue weighted by Crippen LogP contribution is -1.87. The maximum Gasteiger partial charge on any atom is 0.258 e. The third-order valence-electron chi connectivity index (χ3n) is 4.24. The van der Waals surface area contributed by atoms with Crippen molar-refractivity contribution >= 4 is 5.57 Å². The molecule has 0 fully saturated rings.